The standard InChI is InChI=1S/C15H22N2O2/c1-11(14-7-9-19-10-14)17-15(18)13-4-2-12(3-5-13)6-8-16/h2-5,11,14H,6-10,16H2,1H3,(H,17,18). The summed E-state index contributed by atoms with van der Waals surface area (Å²) in [5.74, 6) is 0.416. The lowest BCUT2D eigenvalue weighted by atomic mass is 10.00. The molecule has 1 heterocycles. The summed E-state index contributed by atoms with van der Waals surface area (Å²) >= 11 is 0. The average Bonchev–Trinajstić information content (AvgIpc) is 2.94. The molecule has 1 amide bonds. The van der Waals surface area contributed by atoms with Gasteiger partial charge >= 0.3 is 0 Å². The third-order valence-corrected chi connectivity index (χ3v) is 3.68. The van der Waals surface area contributed by atoms with Gasteiger partial charge in [-0.2, -0.15) is 0 Å². The van der Waals surface area contributed by atoms with Gasteiger partial charge in [-0.25, -0.2) is 0 Å². The molecule has 3 N–H and O–H groups in total. The number of hydrogen-bond acceptors (Lipinski definition) is 3. The zero-order chi connectivity index (χ0) is 13.7. The van der Waals surface area contributed by atoms with E-state index in [1.807, 2.05) is 31.2 Å². The molecule has 1 aliphatic rings. The Balaban J connectivity index is 1.91. The number of ether oxygens (including phenoxy) is 1. The minimum Gasteiger partial charge on any atom is -0.381 e. The van der Waals surface area contributed by atoms with Crippen molar-refractivity contribution in [3.8, 4) is 0 Å². The second kappa shape index (κ2) is 6.68. The van der Waals surface area contributed by atoms with Crippen molar-refractivity contribution in [2.75, 3.05) is 19.8 Å². The molecule has 1 aromatic carbocycles. The number of benzene rings is 1. The first-order valence-corrected chi connectivity index (χ1v) is 6.88. The second-order valence-electron chi connectivity index (χ2n) is 5.12. The molecule has 1 aliphatic heterocycles. The van der Waals surface area contributed by atoms with Gasteiger partial charge in [-0.1, -0.05) is 12.1 Å². The molecule has 0 bridgehead atoms. The summed E-state index contributed by atoms with van der Waals surface area (Å²) in [7, 11) is 0. The summed E-state index contributed by atoms with van der Waals surface area (Å²) in [6.45, 7) is 4.22. The Morgan fingerprint density at radius 1 is 1.47 bits per heavy atom. The van der Waals surface area contributed by atoms with E-state index in [9.17, 15) is 4.79 Å². The Hall–Kier alpha value is -1.39. The molecule has 0 aliphatic carbocycles. The molecule has 19 heavy (non-hydrogen) atoms. The van der Waals surface area contributed by atoms with E-state index in [1.54, 1.807) is 0 Å². The fourth-order valence-corrected chi connectivity index (χ4v) is 2.34. The van der Waals surface area contributed by atoms with E-state index in [1.165, 1.54) is 0 Å². The van der Waals surface area contributed by atoms with Gasteiger partial charge in [0, 0.05) is 24.1 Å². The van der Waals surface area contributed by atoms with Crippen LogP contribution in [0.3, 0.4) is 0 Å². The van der Waals surface area contributed by atoms with E-state index < -0.39 is 0 Å². The fraction of sp³-hybridized carbons (Fsp3) is 0.533. The maximum absolute atomic E-state index is 12.1. The van der Waals surface area contributed by atoms with Crippen LogP contribution in [-0.2, 0) is 11.2 Å². The average molecular weight is 262 g/mol. The Bertz CT molecular complexity index is 411. The van der Waals surface area contributed by atoms with Gasteiger partial charge in [-0.05, 0) is 44.0 Å². The van der Waals surface area contributed by atoms with Crippen LogP contribution < -0.4 is 11.1 Å². The van der Waals surface area contributed by atoms with Crippen molar-refractivity contribution in [2.24, 2.45) is 11.7 Å². The van der Waals surface area contributed by atoms with Gasteiger partial charge in [0.1, 0.15) is 0 Å². The summed E-state index contributed by atoms with van der Waals surface area (Å²) in [6, 6.07) is 7.80. The number of hydrogen-bond donors (Lipinski definition) is 2. The molecule has 2 rings (SSSR count). The monoisotopic (exact) mass is 262 g/mol. The summed E-state index contributed by atoms with van der Waals surface area (Å²) in [6.07, 6.45) is 1.87. The summed E-state index contributed by atoms with van der Waals surface area (Å²) in [5.41, 5.74) is 7.37. The van der Waals surface area contributed by atoms with Crippen molar-refractivity contribution in [3.63, 3.8) is 0 Å². The van der Waals surface area contributed by atoms with Crippen molar-refractivity contribution in [3.05, 3.63) is 35.4 Å². The summed E-state index contributed by atoms with van der Waals surface area (Å²) in [4.78, 5) is 12.1. The van der Waals surface area contributed by atoms with Gasteiger partial charge in [-0.3, -0.25) is 4.79 Å². The van der Waals surface area contributed by atoms with Crippen LogP contribution in [0.2, 0.25) is 0 Å². The SMILES string of the molecule is CC(NC(=O)c1ccc(CCN)cc1)C1CCOC1. The lowest BCUT2D eigenvalue weighted by molar-refractivity contribution is 0.0922. The molecule has 1 fully saturated rings. The van der Waals surface area contributed by atoms with Crippen molar-refractivity contribution in [1.82, 2.24) is 5.32 Å². The van der Waals surface area contributed by atoms with E-state index in [0.29, 0.717) is 18.0 Å². The predicted octanol–water partition coefficient (Wildman–Crippen LogP) is 1.34. The van der Waals surface area contributed by atoms with Crippen molar-refractivity contribution in [1.29, 1.82) is 0 Å². The second-order valence-corrected chi connectivity index (χ2v) is 5.12. The molecule has 2 atom stereocenters. The number of nitrogens with two attached hydrogens (primary N) is 1. The minimum atomic E-state index is -0.0151. The molecule has 4 nitrogen and oxygen atoms in total. The molecule has 1 saturated heterocycles. The maximum Gasteiger partial charge on any atom is 0.251 e. The third-order valence-electron chi connectivity index (χ3n) is 3.68. The highest BCUT2D eigenvalue weighted by Gasteiger charge is 2.23. The highest BCUT2D eigenvalue weighted by molar-refractivity contribution is 5.94. The lowest BCUT2D eigenvalue weighted by Gasteiger charge is -2.19. The Labute approximate surface area is 114 Å². The van der Waals surface area contributed by atoms with Crippen LogP contribution in [-0.4, -0.2) is 31.7 Å². The Kier molecular flexibility index (Phi) is 4.93. The van der Waals surface area contributed by atoms with E-state index >= 15 is 0 Å². The van der Waals surface area contributed by atoms with Gasteiger partial charge in [0.2, 0.25) is 0 Å². The molecule has 104 valence electrons. The van der Waals surface area contributed by atoms with E-state index in [4.69, 9.17) is 10.5 Å². The van der Waals surface area contributed by atoms with Gasteiger partial charge < -0.3 is 15.8 Å². The first kappa shape index (κ1) is 14.0. The van der Waals surface area contributed by atoms with E-state index in [0.717, 1.165) is 31.6 Å². The van der Waals surface area contributed by atoms with Crippen LogP contribution in [0.1, 0.15) is 29.3 Å². The van der Waals surface area contributed by atoms with Crippen LogP contribution >= 0.6 is 0 Å². The largest absolute Gasteiger partial charge is 0.381 e. The zero-order valence-electron chi connectivity index (χ0n) is 11.4. The number of amides is 1. The quantitative estimate of drug-likeness (QED) is 0.841. The topological polar surface area (TPSA) is 64.4 Å². The molecular weight excluding hydrogens is 240 g/mol. The van der Waals surface area contributed by atoms with Crippen LogP contribution in [0, 0.1) is 5.92 Å². The number of nitrogens with one attached hydrogen (secondary N) is 1. The lowest BCUT2D eigenvalue weighted by Crippen LogP contribution is -2.38. The molecule has 2 unspecified atom stereocenters. The summed E-state index contributed by atoms with van der Waals surface area (Å²) in [5, 5.41) is 3.05. The minimum absolute atomic E-state index is 0.0151. The molecular formula is C15H22N2O2. The van der Waals surface area contributed by atoms with Crippen LogP contribution in [0.5, 0.6) is 0 Å². The zero-order valence-corrected chi connectivity index (χ0v) is 11.4. The summed E-state index contributed by atoms with van der Waals surface area (Å²) < 4.78 is 5.34. The number of carbonyl (C=O) groups is 1. The molecule has 4 heteroatoms. The molecule has 0 saturated carbocycles. The fourth-order valence-electron chi connectivity index (χ4n) is 2.34. The van der Waals surface area contributed by atoms with Crippen molar-refractivity contribution in [2.45, 2.75) is 25.8 Å². The Morgan fingerprint density at radius 2 is 2.21 bits per heavy atom. The third kappa shape index (κ3) is 3.78. The predicted molar refractivity (Wildman–Crippen MR) is 75.1 cm³/mol. The Morgan fingerprint density at radius 3 is 2.79 bits per heavy atom. The van der Waals surface area contributed by atoms with Crippen molar-refractivity contribution < 1.29 is 9.53 Å². The molecule has 1 aromatic rings. The van der Waals surface area contributed by atoms with Gasteiger partial charge in [0.05, 0.1) is 6.61 Å². The normalized spacial score (nSPS) is 20.2. The molecule has 0 aromatic heterocycles. The van der Waals surface area contributed by atoms with Gasteiger partial charge in [0.15, 0.2) is 0 Å². The molecule has 0 radical (unpaired) electrons. The number of rotatable bonds is 5. The van der Waals surface area contributed by atoms with E-state index in [2.05, 4.69) is 5.32 Å². The highest BCUT2D eigenvalue weighted by atomic mass is 16.5. The van der Waals surface area contributed by atoms with Crippen LogP contribution in [0.4, 0.5) is 0 Å². The smallest absolute Gasteiger partial charge is 0.251 e. The maximum atomic E-state index is 12.1. The first-order chi connectivity index (χ1) is 9.20. The highest BCUT2D eigenvalue weighted by Crippen LogP contribution is 2.16. The van der Waals surface area contributed by atoms with Crippen LogP contribution in [0.25, 0.3) is 0 Å². The van der Waals surface area contributed by atoms with Gasteiger partial charge in [0.25, 0.3) is 5.91 Å². The number of carbonyl (C=O) groups excluding carboxylic acids is 1. The molecule has 0 spiro atoms. The van der Waals surface area contributed by atoms with E-state index in [-0.39, 0.29) is 11.9 Å². The first-order valence-electron chi connectivity index (χ1n) is 6.88. The van der Waals surface area contributed by atoms with Crippen LogP contribution in [0.15, 0.2) is 24.3 Å². The van der Waals surface area contributed by atoms with Gasteiger partial charge in [-0.15, -0.1) is 0 Å². The van der Waals surface area contributed by atoms with Crippen molar-refractivity contribution >= 4 is 5.91 Å².